The summed E-state index contributed by atoms with van der Waals surface area (Å²) < 4.78 is 2.11. The maximum atomic E-state index is 13.0. The minimum Gasteiger partial charge on any atom is -0.339 e. The number of hydrogen-bond donors (Lipinski definition) is 0. The first-order chi connectivity index (χ1) is 20.1. The second-order valence-electron chi connectivity index (χ2n) is 10.1. The van der Waals surface area contributed by atoms with Crippen LogP contribution in [0.3, 0.4) is 0 Å². The number of amides is 2. The number of rotatable bonds is 10. The summed E-state index contributed by atoms with van der Waals surface area (Å²) in [6.07, 6.45) is 5.37. The largest absolute Gasteiger partial charge is 0.339 e. The zero-order valence-electron chi connectivity index (χ0n) is 23.3. The van der Waals surface area contributed by atoms with Crippen LogP contribution in [-0.4, -0.2) is 67.8 Å². The molecule has 0 N–H and O–H groups in total. The van der Waals surface area contributed by atoms with Gasteiger partial charge in [0, 0.05) is 56.0 Å². The Labute approximate surface area is 245 Å². The van der Waals surface area contributed by atoms with Gasteiger partial charge in [0.25, 0.3) is 0 Å². The predicted molar refractivity (Wildman–Crippen MR) is 164 cm³/mol. The van der Waals surface area contributed by atoms with E-state index >= 15 is 0 Å². The van der Waals surface area contributed by atoms with Crippen molar-refractivity contribution in [1.82, 2.24) is 24.6 Å². The van der Waals surface area contributed by atoms with Crippen molar-refractivity contribution in [3.63, 3.8) is 0 Å². The number of para-hydroxylation sites is 1. The van der Waals surface area contributed by atoms with Crippen LogP contribution in [0.5, 0.6) is 0 Å². The van der Waals surface area contributed by atoms with Crippen LogP contribution in [0.4, 0.5) is 0 Å². The summed E-state index contributed by atoms with van der Waals surface area (Å²) in [7, 11) is 0. The molecule has 1 aromatic heterocycles. The van der Waals surface area contributed by atoms with E-state index in [-0.39, 0.29) is 17.9 Å². The minimum absolute atomic E-state index is 0.0148. The van der Waals surface area contributed by atoms with Crippen molar-refractivity contribution in [2.24, 2.45) is 0 Å². The van der Waals surface area contributed by atoms with Crippen LogP contribution in [0, 0.1) is 0 Å². The van der Waals surface area contributed by atoms with Gasteiger partial charge in [0.2, 0.25) is 11.8 Å². The fraction of sp³-hybridized carbons (Fsp3) is 0.273. The second-order valence-corrected chi connectivity index (χ2v) is 11.2. The standard InChI is InChI=1S/C33H35N5O2S/c1-26-25-36(21-22-37(26)32(40)20-19-27-12-5-2-6-13-27)31(39)18-11-23-41-33-35-34-30(24-28-14-7-3-8-15-28)38(33)29-16-9-4-10-17-29/h2-10,12-17,19-20,26H,11,18,21-25H2,1H3. The van der Waals surface area contributed by atoms with Gasteiger partial charge in [-0.2, -0.15) is 0 Å². The quantitative estimate of drug-likeness (QED) is 0.144. The van der Waals surface area contributed by atoms with Crippen LogP contribution in [0.1, 0.15) is 36.7 Å². The van der Waals surface area contributed by atoms with Crippen molar-refractivity contribution >= 4 is 29.7 Å². The van der Waals surface area contributed by atoms with Gasteiger partial charge < -0.3 is 9.80 Å². The number of hydrogen-bond acceptors (Lipinski definition) is 5. The Morgan fingerprint density at radius 2 is 1.59 bits per heavy atom. The third-order valence-corrected chi connectivity index (χ3v) is 8.18. The zero-order chi connectivity index (χ0) is 28.4. The monoisotopic (exact) mass is 565 g/mol. The lowest BCUT2D eigenvalue weighted by Crippen LogP contribution is -2.55. The van der Waals surface area contributed by atoms with Gasteiger partial charge in [-0.25, -0.2) is 0 Å². The summed E-state index contributed by atoms with van der Waals surface area (Å²) in [4.78, 5) is 29.5. The van der Waals surface area contributed by atoms with E-state index in [1.807, 2.05) is 89.5 Å². The molecule has 1 unspecified atom stereocenters. The van der Waals surface area contributed by atoms with E-state index in [0.29, 0.717) is 32.5 Å². The second kappa shape index (κ2) is 13.9. The van der Waals surface area contributed by atoms with Gasteiger partial charge in [0.15, 0.2) is 5.16 Å². The molecular formula is C33H35N5O2S. The number of thioether (sulfide) groups is 1. The van der Waals surface area contributed by atoms with Gasteiger partial charge in [-0.15, -0.1) is 10.2 Å². The summed E-state index contributed by atoms with van der Waals surface area (Å²) >= 11 is 1.63. The van der Waals surface area contributed by atoms with Crippen molar-refractivity contribution in [2.45, 2.75) is 37.4 Å². The Hall–Kier alpha value is -4.17. The summed E-state index contributed by atoms with van der Waals surface area (Å²) in [5.41, 5.74) is 3.21. The third-order valence-electron chi connectivity index (χ3n) is 7.17. The molecule has 41 heavy (non-hydrogen) atoms. The Balaban J connectivity index is 1.12. The molecule has 8 heteroatoms. The Morgan fingerprint density at radius 1 is 0.902 bits per heavy atom. The Morgan fingerprint density at radius 3 is 2.29 bits per heavy atom. The molecular weight excluding hydrogens is 530 g/mol. The molecule has 0 radical (unpaired) electrons. The molecule has 1 fully saturated rings. The zero-order valence-corrected chi connectivity index (χ0v) is 24.1. The van der Waals surface area contributed by atoms with Crippen molar-refractivity contribution in [1.29, 1.82) is 0 Å². The van der Waals surface area contributed by atoms with Crippen molar-refractivity contribution < 1.29 is 9.59 Å². The molecule has 0 aliphatic carbocycles. The van der Waals surface area contributed by atoms with Gasteiger partial charge in [-0.05, 0) is 42.7 Å². The van der Waals surface area contributed by atoms with Gasteiger partial charge in [0.05, 0.1) is 0 Å². The molecule has 7 nitrogen and oxygen atoms in total. The van der Waals surface area contributed by atoms with E-state index < -0.39 is 0 Å². The number of aromatic nitrogens is 3. The smallest absolute Gasteiger partial charge is 0.246 e. The first-order valence-electron chi connectivity index (χ1n) is 14.1. The number of nitrogens with zero attached hydrogens (tertiary/aromatic N) is 5. The van der Waals surface area contributed by atoms with Gasteiger partial charge >= 0.3 is 0 Å². The van der Waals surface area contributed by atoms with E-state index in [2.05, 4.69) is 39.0 Å². The molecule has 2 heterocycles. The van der Waals surface area contributed by atoms with Crippen LogP contribution in [-0.2, 0) is 16.0 Å². The highest BCUT2D eigenvalue weighted by Gasteiger charge is 2.28. The molecule has 3 aromatic carbocycles. The molecule has 210 valence electrons. The number of piperazine rings is 1. The van der Waals surface area contributed by atoms with Crippen LogP contribution in [0.25, 0.3) is 11.8 Å². The number of carbonyl (C=O) groups excluding carboxylic acids is 2. The molecule has 0 bridgehead atoms. The molecule has 1 aliphatic rings. The average molecular weight is 566 g/mol. The molecule has 2 amide bonds. The SMILES string of the molecule is CC1CN(C(=O)CCCSc2nnc(Cc3ccccc3)n2-c2ccccc2)CCN1C(=O)C=Cc1ccccc1. The van der Waals surface area contributed by atoms with Crippen LogP contribution >= 0.6 is 11.8 Å². The lowest BCUT2D eigenvalue weighted by molar-refractivity contribution is -0.139. The highest BCUT2D eigenvalue weighted by Crippen LogP contribution is 2.24. The molecule has 0 saturated carbocycles. The van der Waals surface area contributed by atoms with E-state index in [0.717, 1.165) is 34.4 Å². The highest BCUT2D eigenvalue weighted by atomic mass is 32.2. The van der Waals surface area contributed by atoms with Crippen molar-refractivity contribution in [3.05, 3.63) is 114 Å². The predicted octanol–water partition coefficient (Wildman–Crippen LogP) is 5.50. The highest BCUT2D eigenvalue weighted by molar-refractivity contribution is 7.99. The van der Waals surface area contributed by atoms with Gasteiger partial charge in [0.1, 0.15) is 5.82 Å². The summed E-state index contributed by atoms with van der Waals surface area (Å²) in [6.45, 7) is 3.67. The Kier molecular flexibility index (Phi) is 9.65. The third kappa shape index (κ3) is 7.52. The number of carbonyl (C=O) groups is 2. The number of benzene rings is 3. The molecule has 4 aromatic rings. The fourth-order valence-corrected chi connectivity index (χ4v) is 5.92. The topological polar surface area (TPSA) is 71.3 Å². The normalized spacial score (nSPS) is 15.4. The van der Waals surface area contributed by atoms with Gasteiger partial charge in [-0.1, -0.05) is 90.6 Å². The van der Waals surface area contributed by atoms with E-state index in [9.17, 15) is 9.59 Å². The average Bonchev–Trinajstić information content (AvgIpc) is 3.41. The van der Waals surface area contributed by atoms with Crippen molar-refractivity contribution in [3.8, 4) is 5.69 Å². The first-order valence-corrected chi connectivity index (χ1v) is 15.0. The maximum Gasteiger partial charge on any atom is 0.246 e. The van der Waals surface area contributed by atoms with Crippen LogP contribution < -0.4 is 0 Å². The van der Waals surface area contributed by atoms with E-state index in [1.165, 1.54) is 5.56 Å². The molecule has 1 atom stereocenters. The van der Waals surface area contributed by atoms with Gasteiger partial charge in [-0.3, -0.25) is 14.2 Å². The first kappa shape index (κ1) is 28.4. The van der Waals surface area contributed by atoms with Crippen LogP contribution in [0.2, 0.25) is 0 Å². The lowest BCUT2D eigenvalue weighted by Gasteiger charge is -2.39. The fourth-order valence-electron chi connectivity index (χ4n) is 5.01. The molecule has 1 aliphatic heterocycles. The minimum atomic E-state index is -0.0255. The molecule has 0 spiro atoms. The van der Waals surface area contributed by atoms with Crippen molar-refractivity contribution in [2.75, 3.05) is 25.4 Å². The molecule has 5 rings (SSSR count). The lowest BCUT2D eigenvalue weighted by atomic mass is 10.1. The maximum absolute atomic E-state index is 13.0. The van der Waals surface area contributed by atoms with E-state index in [1.54, 1.807) is 17.8 Å². The van der Waals surface area contributed by atoms with Crippen LogP contribution in [0.15, 0.2) is 102 Å². The summed E-state index contributed by atoms with van der Waals surface area (Å²) in [5, 5.41) is 9.85. The van der Waals surface area contributed by atoms with E-state index in [4.69, 9.17) is 0 Å². The molecule has 1 saturated heterocycles. The summed E-state index contributed by atoms with van der Waals surface area (Å²) in [6, 6.07) is 30.2. The summed E-state index contributed by atoms with van der Waals surface area (Å²) in [5.74, 6) is 1.78. The Bertz CT molecular complexity index is 1460.